The summed E-state index contributed by atoms with van der Waals surface area (Å²) >= 11 is 0. The van der Waals surface area contributed by atoms with Crippen molar-refractivity contribution in [3.63, 3.8) is 0 Å². The maximum Gasteiger partial charge on any atom is 0.436 e. The average Bonchev–Trinajstić information content (AvgIpc) is 2.73. The third-order valence-electron chi connectivity index (χ3n) is 3.57. The number of carboxylic acid groups (broad SMARTS) is 1. The van der Waals surface area contributed by atoms with Crippen LogP contribution in [0, 0.1) is 0 Å². The van der Waals surface area contributed by atoms with Crippen molar-refractivity contribution in [2.45, 2.75) is 57.7 Å². The predicted octanol–water partition coefficient (Wildman–Crippen LogP) is 3.50. The molecule has 1 aliphatic heterocycles. The number of hydrogen-bond donors (Lipinski definition) is 1. The van der Waals surface area contributed by atoms with Gasteiger partial charge in [0.1, 0.15) is 5.56 Å². The fourth-order valence-electron chi connectivity index (χ4n) is 2.62. The second-order valence-corrected chi connectivity index (χ2v) is 5.07. The van der Waals surface area contributed by atoms with E-state index in [4.69, 9.17) is 5.11 Å². The normalized spacial score (nSPS) is 17.6. The molecule has 0 unspecified atom stereocenters. The van der Waals surface area contributed by atoms with E-state index in [2.05, 4.69) is 5.10 Å². The highest BCUT2D eigenvalue weighted by Crippen LogP contribution is 2.33. The van der Waals surface area contributed by atoms with E-state index in [1.165, 1.54) is 4.68 Å². The molecule has 0 saturated carbocycles. The second-order valence-electron chi connectivity index (χ2n) is 5.07. The van der Waals surface area contributed by atoms with Crippen molar-refractivity contribution in [2.24, 2.45) is 0 Å². The Morgan fingerprint density at radius 1 is 1.10 bits per heavy atom. The van der Waals surface area contributed by atoms with Gasteiger partial charge in [-0.2, -0.15) is 18.3 Å². The number of hydrogen-bond acceptors (Lipinski definition) is 2. The van der Waals surface area contributed by atoms with E-state index in [0.717, 1.165) is 32.1 Å². The maximum absolute atomic E-state index is 12.9. The zero-order valence-corrected chi connectivity index (χ0v) is 11.0. The Morgan fingerprint density at radius 3 is 2.30 bits per heavy atom. The molecule has 1 aliphatic rings. The summed E-state index contributed by atoms with van der Waals surface area (Å²) in [5.41, 5.74) is -1.72. The van der Waals surface area contributed by atoms with Crippen LogP contribution in [-0.2, 0) is 19.1 Å². The Hall–Kier alpha value is -1.53. The zero-order chi connectivity index (χ0) is 14.8. The van der Waals surface area contributed by atoms with Crippen molar-refractivity contribution in [1.82, 2.24) is 9.78 Å². The summed E-state index contributed by atoms with van der Waals surface area (Å²) in [4.78, 5) is 11.2. The van der Waals surface area contributed by atoms with E-state index >= 15 is 0 Å². The van der Waals surface area contributed by atoms with Gasteiger partial charge in [-0.1, -0.05) is 25.7 Å². The van der Waals surface area contributed by atoms with Gasteiger partial charge in [-0.3, -0.25) is 4.68 Å². The lowest BCUT2D eigenvalue weighted by Gasteiger charge is -2.11. The third kappa shape index (κ3) is 3.13. The summed E-state index contributed by atoms with van der Waals surface area (Å²) in [7, 11) is 0. The number of halogens is 3. The molecule has 0 spiro atoms. The van der Waals surface area contributed by atoms with Gasteiger partial charge in [-0.05, 0) is 19.3 Å². The lowest BCUT2D eigenvalue weighted by Crippen LogP contribution is -2.13. The zero-order valence-electron chi connectivity index (χ0n) is 11.0. The van der Waals surface area contributed by atoms with Gasteiger partial charge < -0.3 is 5.11 Å². The predicted molar refractivity (Wildman–Crippen MR) is 65.6 cm³/mol. The first-order chi connectivity index (χ1) is 9.41. The van der Waals surface area contributed by atoms with Crippen molar-refractivity contribution >= 4 is 5.97 Å². The summed E-state index contributed by atoms with van der Waals surface area (Å²) in [6, 6.07) is 0. The molecule has 112 valence electrons. The van der Waals surface area contributed by atoms with E-state index in [9.17, 15) is 18.0 Å². The first kappa shape index (κ1) is 14.9. The molecule has 0 aromatic carbocycles. The SMILES string of the molecule is O=C(O)c1c(C(F)(F)F)nn2c1CCCCCCCC2. The Balaban J connectivity index is 2.46. The molecule has 1 N–H and O–H groups in total. The summed E-state index contributed by atoms with van der Waals surface area (Å²) < 4.78 is 40.0. The van der Waals surface area contributed by atoms with Gasteiger partial charge in [-0.25, -0.2) is 4.79 Å². The van der Waals surface area contributed by atoms with Crippen molar-refractivity contribution in [3.05, 3.63) is 17.0 Å². The number of nitrogens with zero attached hydrogens (tertiary/aromatic N) is 2. The van der Waals surface area contributed by atoms with E-state index in [1.54, 1.807) is 0 Å². The summed E-state index contributed by atoms with van der Waals surface area (Å²) in [6.07, 6.45) is 0.985. The number of carbonyl (C=O) groups is 1. The highest BCUT2D eigenvalue weighted by molar-refractivity contribution is 5.90. The van der Waals surface area contributed by atoms with Crippen LogP contribution in [0.15, 0.2) is 0 Å². The molecule has 0 bridgehead atoms. The lowest BCUT2D eigenvalue weighted by atomic mass is 10.0. The molecule has 1 aromatic rings. The van der Waals surface area contributed by atoms with Crippen LogP contribution in [0.1, 0.15) is 60.3 Å². The van der Waals surface area contributed by atoms with Crippen molar-refractivity contribution < 1.29 is 23.1 Å². The van der Waals surface area contributed by atoms with Crippen molar-refractivity contribution in [1.29, 1.82) is 0 Å². The topological polar surface area (TPSA) is 55.1 Å². The molecule has 2 heterocycles. The Labute approximate surface area is 114 Å². The molecule has 20 heavy (non-hydrogen) atoms. The van der Waals surface area contributed by atoms with E-state index in [0.29, 0.717) is 19.4 Å². The van der Waals surface area contributed by atoms with Crippen molar-refractivity contribution in [2.75, 3.05) is 0 Å². The molecule has 0 amide bonds. The van der Waals surface area contributed by atoms with E-state index in [1.807, 2.05) is 0 Å². The molecule has 0 radical (unpaired) electrons. The number of aryl methyl sites for hydroxylation is 1. The molecule has 1 aromatic heterocycles. The minimum Gasteiger partial charge on any atom is -0.478 e. The van der Waals surface area contributed by atoms with Gasteiger partial charge in [0, 0.05) is 6.54 Å². The van der Waals surface area contributed by atoms with Crippen LogP contribution >= 0.6 is 0 Å². The van der Waals surface area contributed by atoms with Crippen LogP contribution in [0.4, 0.5) is 13.2 Å². The second kappa shape index (κ2) is 5.85. The van der Waals surface area contributed by atoms with Crippen LogP contribution < -0.4 is 0 Å². The summed E-state index contributed by atoms with van der Waals surface area (Å²) in [6.45, 7) is 0.353. The average molecular weight is 290 g/mol. The van der Waals surface area contributed by atoms with Crippen LogP contribution in [0.25, 0.3) is 0 Å². The van der Waals surface area contributed by atoms with Crippen LogP contribution in [0.2, 0.25) is 0 Å². The molecular weight excluding hydrogens is 273 g/mol. The van der Waals surface area contributed by atoms with Gasteiger partial charge in [0.15, 0.2) is 5.69 Å². The number of rotatable bonds is 1. The number of alkyl halides is 3. The van der Waals surface area contributed by atoms with Crippen molar-refractivity contribution in [3.8, 4) is 0 Å². The summed E-state index contributed by atoms with van der Waals surface area (Å²) in [5.74, 6) is -1.55. The molecule has 0 fully saturated rings. The molecular formula is C13H17F3N2O2. The molecule has 0 atom stereocenters. The van der Waals surface area contributed by atoms with Crippen LogP contribution in [0.3, 0.4) is 0 Å². The Bertz CT molecular complexity index is 495. The van der Waals surface area contributed by atoms with Gasteiger partial charge in [0.25, 0.3) is 0 Å². The molecule has 0 saturated heterocycles. The number of carboxylic acids is 1. The molecule has 7 heteroatoms. The fraction of sp³-hybridized carbons (Fsp3) is 0.692. The first-order valence-corrected chi connectivity index (χ1v) is 6.81. The molecule has 4 nitrogen and oxygen atoms in total. The van der Waals surface area contributed by atoms with E-state index in [-0.39, 0.29) is 5.69 Å². The number of fused-ring (bicyclic) bond motifs is 1. The fourth-order valence-corrected chi connectivity index (χ4v) is 2.62. The lowest BCUT2D eigenvalue weighted by molar-refractivity contribution is -0.142. The Morgan fingerprint density at radius 2 is 1.70 bits per heavy atom. The largest absolute Gasteiger partial charge is 0.478 e. The standard InChI is InChI=1S/C13H17F3N2O2/c14-13(15,16)11-10(12(19)20)9-7-5-3-1-2-4-6-8-18(9)17-11/h1-8H2,(H,19,20). The van der Waals surface area contributed by atoms with Crippen LogP contribution in [0.5, 0.6) is 0 Å². The maximum atomic E-state index is 12.9. The van der Waals surface area contributed by atoms with Gasteiger partial charge in [0.2, 0.25) is 0 Å². The first-order valence-electron chi connectivity index (χ1n) is 6.81. The minimum atomic E-state index is -4.73. The molecule has 2 rings (SSSR count). The monoisotopic (exact) mass is 290 g/mol. The smallest absolute Gasteiger partial charge is 0.436 e. The highest BCUT2D eigenvalue weighted by atomic mass is 19.4. The quantitative estimate of drug-likeness (QED) is 0.861. The van der Waals surface area contributed by atoms with Gasteiger partial charge in [0.05, 0.1) is 5.69 Å². The molecule has 0 aliphatic carbocycles. The van der Waals surface area contributed by atoms with Crippen LogP contribution in [-0.4, -0.2) is 20.9 Å². The number of aromatic nitrogens is 2. The van der Waals surface area contributed by atoms with Gasteiger partial charge in [-0.15, -0.1) is 0 Å². The van der Waals surface area contributed by atoms with E-state index < -0.39 is 23.4 Å². The summed E-state index contributed by atoms with van der Waals surface area (Å²) in [5, 5.41) is 12.6. The highest BCUT2D eigenvalue weighted by Gasteiger charge is 2.41. The van der Waals surface area contributed by atoms with Gasteiger partial charge >= 0.3 is 12.1 Å². The number of aromatic carboxylic acids is 1. The Kier molecular flexibility index (Phi) is 4.35. The minimum absolute atomic E-state index is 0.215. The third-order valence-corrected chi connectivity index (χ3v) is 3.57.